The highest BCUT2D eigenvalue weighted by Gasteiger charge is 2.46. The van der Waals surface area contributed by atoms with E-state index in [0.29, 0.717) is 25.9 Å². The number of nitrogens with zero attached hydrogens (tertiary/aromatic N) is 1. The predicted octanol–water partition coefficient (Wildman–Crippen LogP) is 4.93. The third kappa shape index (κ3) is 5.90. The summed E-state index contributed by atoms with van der Waals surface area (Å²) in [5.74, 6) is -1.15. The average Bonchev–Trinajstić information content (AvgIpc) is 3.69. The number of fused-ring (bicyclic) bond motifs is 3. The summed E-state index contributed by atoms with van der Waals surface area (Å²) < 4.78 is 5.70. The molecule has 3 N–H and O–H groups in total. The van der Waals surface area contributed by atoms with Crippen LogP contribution in [0.4, 0.5) is 4.79 Å². The van der Waals surface area contributed by atoms with Crippen molar-refractivity contribution in [1.29, 1.82) is 0 Å². The minimum Gasteiger partial charge on any atom is -0.479 e. The maximum absolute atomic E-state index is 13.0. The lowest BCUT2D eigenvalue weighted by Crippen LogP contribution is -2.56. The monoisotopic (exact) mass is 567 g/mol. The Morgan fingerprint density at radius 2 is 1.57 bits per heavy atom. The molecule has 0 spiro atoms. The lowest BCUT2D eigenvalue weighted by Gasteiger charge is -2.27. The van der Waals surface area contributed by atoms with Gasteiger partial charge in [-0.25, -0.2) is 9.59 Å². The molecular weight excluding hydrogens is 530 g/mol. The number of nitrogens with one attached hydrogen (secondary N) is 2. The number of aliphatic carboxylic acids is 1. The SMILES string of the molecule is O=C(CC1CCC(NC(=O)OCC2c3ccccc3-c3ccccc32)C1)NC1(C(=O)O)CCN(Cc2ccccc2)C1. The number of ether oxygens (including phenoxy) is 1. The van der Waals surface area contributed by atoms with E-state index in [1.54, 1.807) is 0 Å². The molecule has 0 radical (unpaired) electrons. The second kappa shape index (κ2) is 12.0. The summed E-state index contributed by atoms with van der Waals surface area (Å²) in [6.45, 7) is 1.80. The Bertz CT molecular complexity index is 1410. The highest BCUT2D eigenvalue weighted by atomic mass is 16.5. The van der Waals surface area contributed by atoms with Gasteiger partial charge in [0.05, 0.1) is 0 Å². The number of benzene rings is 3. The molecule has 42 heavy (non-hydrogen) atoms. The molecule has 1 aliphatic heterocycles. The third-order valence-corrected chi connectivity index (χ3v) is 9.07. The molecule has 3 aromatic rings. The van der Waals surface area contributed by atoms with Gasteiger partial charge in [0.15, 0.2) is 5.54 Å². The molecule has 3 aliphatic rings. The van der Waals surface area contributed by atoms with Crippen molar-refractivity contribution in [3.63, 3.8) is 0 Å². The van der Waals surface area contributed by atoms with Crippen LogP contribution in [0.15, 0.2) is 78.9 Å². The normalized spacial score (nSPS) is 23.2. The topological polar surface area (TPSA) is 108 Å². The quantitative estimate of drug-likeness (QED) is 0.339. The second-order valence-electron chi connectivity index (χ2n) is 11.9. The van der Waals surface area contributed by atoms with Gasteiger partial charge in [-0.2, -0.15) is 0 Å². The zero-order valence-corrected chi connectivity index (χ0v) is 23.6. The van der Waals surface area contributed by atoms with E-state index in [-0.39, 0.29) is 43.4 Å². The summed E-state index contributed by atoms with van der Waals surface area (Å²) in [6, 6.07) is 26.3. The van der Waals surface area contributed by atoms with Crippen molar-refractivity contribution in [3.05, 3.63) is 95.6 Å². The van der Waals surface area contributed by atoms with E-state index in [0.717, 1.165) is 18.4 Å². The molecule has 2 fully saturated rings. The van der Waals surface area contributed by atoms with Crippen LogP contribution < -0.4 is 10.6 Å². The summed E-state index contributed by atoms with van der Waals surface area (Å²) in [4.78, 5) is 40.1. The first-order valence-electron chi connectivity index (χ1n) is 14.8. The van der Waals surface area contributed by atoms with Crippen molar-refractivity contribution < 1.29 is 24.2 Å². The summed E-state index contributed by atoms with van der Waals surface area (Å²) in [6.07, 6.45) is 2.39. The number of hydrogen-bond donors (Lipinski definition) is 3. The first-order valence-corrected chi connectivity index (χ1v) is 14.8. The van der Waals surface area contributed by atoms with Crippen molar-refractivity contribution in [2.75, 3.05) is 19.7 Å². The van der Waals surface area contributed by atoms with Crippen LogP contribution in [0.5, 0.6) is 0 Å². The van der Waals surface area contributed by atoms with Crippen molar-refractivity contribution >= 4 is 18.0 Å². The van der Waals surface area contributed by atoms with E-state index in [2.05, 4.69) is 39.8 Å². The number of alkyl carbamates (subject to hydrolysis) is 1. The lowest BCUT2D eigenvalue weighted by atomic mass is 9.96. The smallest absolute Gasteiger partial charge is 0.407 e. The number of rotatable bonds is 9. The minimum absolute atomic E-state index is 0.00364. The van der Waals surface area contributed by atoms with Gasteiger partial charge >= 0.3 is 12.1 Å². The van der Waals surface area contributed by atoms with Gasteiger partial charge < -0.3 is 20.5 Å². The van der Waals surface area contributed by atoms with Gasteiger partial charge in [0.1, 0.15) is 6.61 Å². The number of hydrogen-bond acceptors (Lipinski definition) is 5. The average molecular weight is 568 g/mol. The van der Waals surface area contributed by atoms with Crippen LogP contribution in [-0.2, 0) is 20.9 Å². The van der Waals surface area contributed by atoms with E-state index in [1.807, 2.05) is 54.6 Å². The fraction of sp³-hybridized carbons (Fsp3) is 0.382. The van der Waals surface area contributed by atoms with E-state index in [9.17, 15) is 19.5 Å². The van der Waals surface area contributed by atoms with Gasteiger partial charge in [-0.1, -0.05) is 78.9 Å². The van der Waals surface area contributed by atoms with Crippen LogP contribution in [0.25, 0.3) is 11.1 Å². The highest BCUT2D eigenvalue weighted by Crippen LogP contribution is 2.44. The Labute approximate surface area is 246 Å². The standard InChI is InChI=1S/C34H37N3O5/c38-31(36-34(32(39)40)16-17-37(22-34)20-23-8-2-1-3-9-23)19-24-14-15-25(18-24)35-33(41)42-21-30-28-12-6-4-10-26(28)27-11-5-7-13-29(27)30/h1-13,24-25,30H,14-22H2,(H,35,41)(H,36,38)(H,39,40). The number of carbonyl (C=O) groups is 3. The van der Waals surface area contributed by atoms with Crippen molar-refractivity contribution in [2.24, 2.45) is 5.92 Å². The molecule has 1 saturated heterocycles. The Morgan fingerprint density at radius 3 is 2.26 bits per heavy atom. The Hall–Kier alpha value is -4.17. The molecular formula is C34H37N3O5. The molecule has 8 heteroatoms. The van der Waals surface area contributed by atoms with Crippen LogP contribution in [0.3, 0.4) is 0 Å². The molecule has 3 aromatic carbocycles. The number of carboxylic acid groups (broad SMARTS) is 1. The number of likely N-dealkylation sites (tertiary alicyclic amines) is 1. The molecule has 1 saturated carbocycles. The molecule has 1 heterocycles. The Morgan fingerprint density at radius 1 is 0.905 bits per heavy atom. The molecule has 2 aliphatic carbocycles. The molecule has 0 aromatic heterocycles. The van der Waals surface area contributed by atoms with Crippen LogP contribution in [0, 0.1) is 5.92 Å². The zero-order chi connectivity index (χ0) is 29.1. The van der Waals surface area contributed by atoms with Gasteiger partial charge in [-0.3, -0.25) is 9.69 Å². The van der Waals surface area contributed by atoms with Gasteiger partial charge in [0.2, 0.25) is 5.91 Å². The fourth-order valence-electron chi connectivity index (χ4n) is 6.97. The van der Waals surface area contributed by atoms with Crippen LogP contribution in [-0.4, -0.2) is 59.3 Å². The van der Waals surface area contributed by atoms with Crippen LogP contribution in [0.2, 0.25) is 0 Å². The van der Waals surface area contributed by atoms with E-state index < -0.39 is 17.6 Å². The van der Waals surface area contributed by atoms with E-state index in [4.69, 9.17) is 4.74 Å². The maximum atomic E-state index is 13.0. The minimum atomic E-state index is -1.27. The van der Waals surface area contributed by atoms with Gasteiger partial charge in [0.25, 0.3) is 0 Å². The van der Waals surface area contributed by atoms with Crippen molar-refractivity contribution in [2.45, 2.75) is 56.1 Å². The van der Waals surface area contributed by atoms with E-state index >= 15 is 0 Å². The first-order chi connectivity index (χ1) is 20.4. The highest BCUT2D eigenvalue weighted by molar-refractivity contribution is 5.87. The Balaban J connectivity index is 0.972. The largest absolute Gasteiger partial charge is 0.479 e. The van der Waals surface area contributed by atoms with Gasteiger partial charge in [0, 0.05) is 38.0 Å². The third-order valence-electron chi connectivity index (χ3n) is 9.07. The van der Waals surface area contributed by atoms with Crippen molar-refractivity contribution in [3.8, 4) is 11.1 Å². The fourth-order valence-corrected chi connectivity index (χ4v) is 6.97. The lowest BCUT2D eigenvalue weighted by molar-refractivity contribution is -0.147. The summed E-state index contributed by atoms with van der Waals surface area (Å²) in [5, 5.41) is 15.9. The maximum Gasteiger partial charge on any atom is 0.407 e. The molecule has 2 amide bonds. The first kappa shape index (κ1) is 28.0. The number of amides is 2. The molecule has 8 nitrogen and oxygen atoms in total. The molecule has 6 rings (SSSR count). The summed E-state index contributed by atoms with van der Waals surface area (Å²) in [7, 11) is 0. The molecule has 0 bridgehead atoms. The zero-order valence-electron chi connectivity index (χ0n) is 23.6. The van der Waals surface area contributed by atoms with Gasteiger partial charge in [-0.05, 0) is 59.4 Å². The van der Waals surface area contributed by atoms with Gasteiger partial charge in [-0.15, -0.1) is 0 Å². The summed E-state index contributed by atoms with van der Waals surface area (Å²) >= 11 is 0. The molecule has 3 unspecified atom stereocenters. The van der Waals surface area contributed by atoms with Crippen LogP contribution >= 0.6 is 0 Å². The van der Waals surface area contributed by atoms with E-state index in [1.165, 1.54) is 22.3 Å². The second-order valence-corrected chi connectivity index (χ2v) is 11.9. The molecule has 218 valence electrons. The van der Waals surface area contributed by atoms with Crippen molar-refractivity contribution in [1.82, 2.24) is 15.5 Å². The number of carboxylic acids is 1. The number of carbonyl (C=O) groups excluding carboxylic acids is 2. The molecule has 3 atom stereocenters. The summed E-state index contributed by atoms with van der Waals surface area (Å²) in [5.41, 5.74) is 4.55. The Kier molecular flexibility index (Phi) is 7.98. The van der Waals surface area contributed by atoms with Crippen LogP contribution in [0.1, 0.15) is 54.7 Å². The predicted molar refractivity (Wildman–Crippen MR) is 159 cm³/mol.